The number of morpholine rings is 1. The normalized spacial score (nSPS) is 16.6. The van der Waals surface area contributed by atoms with Crippen molar-refractivity contribution in [2.75, 3.05) is 39.4 Å². The molecule has 1 atom stereocenters. The van der Waals surface area contributed by atoms with Crippen LogP contribution in [0.2, 0.25) is 5.02 Å². The third-order valence-corrected chi connectivity index (χ3v) is 6.25. The summed E-state index contributed by atoms with van der Waals surface area (Å²) in [5, 5.41) is 8.67. The quantitative estimate of drug-likeness (QED) is 0.491. The molecular formula is C21H30ClN5OS. The van der Waals surface area contributed by atoms with Gasteiger partial charge in [-0.2, -0.15) is 0 Å². The van der Waals surface area contributed by atoms with E-state index in [1.807, 2.05) is 18.3 Å². The van der Waals surface area contributed by atoms with Crippen molar-refractivity contribution in [1.29, 1.82) is 0 Å². The van der Waals surface area contributed by atoms with E-state index < -0.39 is 0 Å². The van der Waals surface area contributed by atoms with Gasteiger partial charge in [-0.3, -0.25) is 4.90 Å². The molecule has 1 aliphatic heterocycles. The first kappa shape index (κ1) is 22.0. The number of rotatable bonds is 8. The predicted molar refractivity (Wildman–Crippen MR) is 121 cm³/mol. The number of aromatic nitrogens is 1. The fraction of sp³-hybridized carbons (Fsp3) is 0.524. The number of ether oxygens (including phenoxy) is 1. The van der Waals surface area contributed by atoms with Gasteiger partial charge < -0.3 is 15.4 Å². The lowest BCUT2D eigenvalue weighted by Crippen LogP contribution is -2.46. The van der Waals surface area contributed by atoms with Gasteiger partial charge in [0.15, 0.2) is 5.96 Å². The highest BCUT2D eigenvalue weighted by atomic mass is 35.5. The highest BCUT2D eigenvalue weighted by Crippen LogP contribution is 2.23. The number of aliphatic imine (C=N–C) groups is 1. The Balaban J connectivity index is 1.68. The van der Waals surface area contributed by atoms with Gasteiger partial charge in [0.25, 0.3) is 0 Å². The van der Waals surface area contributed by atoms with Gasteiger partial charge in [-0.05, 0) is 31.0 Å². The van der Waals surface area contributed by atoms with Gasteiger partial charge in [0.05, 0.1) is 25.8 Å². The van der Waals surface area contributed by atoms with Crippen molar-refractivity contribution >= 4 is 28.9 Å². The van der Waals surface area contributed by atoms with Gasteiger partial charge in [0.2, 0.25) is 0 Å². The Morgan fingerprint density at radius 3 is 2.66 bits per heavy atom. The number of guanidine groups is 1. The van der Waals surface area contributed by atoms with Crippen molar-refractivity contribution in [3.8, 4) is 0 Å². The zero-order valence-corrected chi connectivity index (χ0v) is 18.7. The third kappa shape index (κ3) is 6.67. The second kappa shape index (κ2) is 11.5. The first-order chi connectivity index (χ1) is 14.2. The van der Waals surface area contributed by atoms with E-state index in [-0.39, 0.29) is 6.04 Å². The fourth-order valence-corrected chi connectivity index (χ4v) is 4.21. The maximum absolute atomic E-state index is 6.10. The Kier molecular flexibility index (Phi) is 8.73. The van der Waals surface area contributed by atoms with Crippen LogP contribution >= 0.6 is 22.9 Å². The molecule has 1 aromatic heterocycles. The van der Waals surface area contributed by atoms with Crippen LogP contribution in [0.15, 0.2) is 35.5 Å². The van der Waals surface area contributed by atoms with E-state index in [2.05, 4.69) is 46.5 Å². The Labute approximate surface area is 182 Å². The Bertz CT molecular complexity index is 774. The molecule has 0 amide bonds. The van der Waals surface area contributed by atoms with E-state index in [0.29, 0.717) is 6.54 Å². The summed E-state index contributed by atoms with van der Waals surface area (Å²) in [4.78, 5) is 12.9. The van der Waals surface area contributed by atoms with E-state index >= 15 is 0 Å². The lowest BCUT2D eigenvalue weighted by Gasteiger charge is -2.35. The number of hydrogen-bond acceptors (Lipinski definition) is 5. The maximum atomic E-state index is 6.10. The van der Waals surface area contributed by atoms with Crippen molar-refractivity contribution in [2.45, 2.75) is 32.9 Å². The molecule has 2 N–H and O–H groups in total. The van der Waals surface area contributed by atoms with Crippen molar-refractivity contribution in [3.05, 3.63) is 50.9 Å². The standard InChI is InChI=1S/C21H30ClN5OS/c1-3-18-13-24-20(29-18)15-26-21(23-4-2)25-14-19(27-9-11-28-12-10-27)16-5-7-17(22)8-6-16/h5-8,13,19H,3-4,9-12,14-15H2,1-2H3,(H2,23,25,26). The van der Waals surface area contributed by atoms with Crippen molar-refractivity contribution in [1.82, 2.24) is 20.5 Å². The second-order valence-electron chi connectivity index (χ2n) is 6.87. The summed E-state index contributed by atoms with van der Waals surface area (Å²) in [5.41, 5.74) is 1.24. The molecule has 1 aromatic carbocycles. The van der Waals surface area contributed by atoms with Crippen molar-refractivity contribution in [2.24, 2.45) is 4.99 Å². The summed E-state index contributed by atoms with van der Waals surface area (Å²) < 4.78 is 5.54. The van der Waals surface area contributed by atoms with Crippen LogP contribution in [-0.2, 0) is 17.7 Å². The van der Waals surface area contributed by atoms with Gasteiger partial charge in [0, 0.05) is 42.3 Å². The summed E-state index contributed by atoms with van der Waals surface area (Å²) in [7, 11) is 0. The predicted octanol–water partition coefficient (Wildman–Crippen LogP) is 3.49. The Morgan fingerprint density at radius 1 is 1.24 bits per heavy atom. The molecule has 0 bridgehead atoms. The molecule has 1 aliphatic rings. The molecule has 3 rings (SSSR count). The molecule has 2 heterocycles. The van der Waals surface area contributed by atoms with E-state index in [9.17, 15) is 0 Å². The average Bonchev–Trinajstić information content (AvgIpc) is 3.22. The number of thiazole rings is 1. The number of nitrogens with one attached hydrogen (secondary N) is 2. The molecular weight excluding hydrogens is 406 g/mol. The van der Waals surface area contributed by atoms with Crippen molar-refractivity contribution < 1.29 is 4.74 Å². The Morgan fingerprint density at radius 2 is 2.00 bits per heavy atom. The highest BCUT2D eigenvalue weighted by molar-refractivity contribution is 7.11. The van der Waals surface area contributed by atoms with Crippen LogP contribution in [-0.4, -0.2) is 55.2 Å². The Hall–Kier alpha value is -1.67. The molecule has 29 heavy (non-hydrogen) atoms. The molecule has 0 spiro atoms. The largest absolute Gasteiger partial charge is 0.379 e. The fourth-order valence-electron chi connectivity index (χ4n) is 3.30. The smallest absolute Gasteiger partial charge is 0.191 e. The minimum Gasteiger partial charge on any atom is -0.379 e. The van der Waals surface area contributed by atoms with E-state index in [1.54, 1.807) is 11.3 Å². The maximum Gasteiger partial charge on any atom is 0.191 e. The van der Waals surface area contributed by atoms with Gasteiger partial charge in [-0.25, -0.2) is 9.98 Å². The zero-order chi connectivity index (χ0) is 20.5. The van der Waals surface area contributed by atoms with Crippen molar-refractivity contribution in [3.63, 3.8) is 0 Å². The van der Waals surface area contributed by atoms with Gasteiger partial charge in [-0.1, -0.05) is 30.7 Å². The van der Waals surface area contributed by atoms with Gasteiger partial charge >= 0.3 is 0 Å². The molecule has 1 unspecified atom stereocenters. The first-order valence-electron chi connectivity index (χ1n) is 10.2. The lowest BCUT2D eigenvalue weighted by molar-refractivity contribution is 0.0170. The van der Waals surface area contributed by atoms with Crippen LogP contribution in [0, 0.1) is 0 Å². The minimum absolute atomic E-state index is 0.228. The first-order valence-corrected chi connectivity index (χ1v) is 11.4. The molecule has 0 aliphatic carbocycles. The minimum atomic E-state index is 0.228. The topological polar surface area (TPSA) is 61.8 Å². The van der Waals surface area contributed by atoms with E-state index in [4.69, 9.17) is 21.3 Å². The van der Waals surface area contributed by atoms with Crippen LogP contribution in [0.4, 0.5) is 0 Å². The summed E-state index contributed by atoms with van der Waals surface area (Å²) in [6.45, 7) is 9.75. The average molecular weight is 436 g/mol. The molecule has 2 aromatic rings. The summed E-state index contributed by atoms with van der Waals surface area (Å²) in [6.07, 6.45) is 2.97. The third-order valence-electron chi connectivity index (χ3n) is 4.87. The molecule has 8 heteroatoms. The summed E-state index contributed by atoms with van der Waals surface area (Å²) in [5.74, 6) is 0.813. The number of aryl methyl sites for hydroxylation is 1. The van der Waals surface area contributed by atoms with Gasteiger partial charge in [0.1, 0.15) is 5.01 Å². The van der Waals surface area contributed by atoms with Crippen LogP contribution < -0.4 is 10.6 Å². The molecule has 158 valence electrons. The van der Waals surface area contributed by atoms with Crippen LogP contribution in [0.25, 0.3) is 0 Å². The number of hydrogen-bond donors (Lipinski definition) is 2. The molecule has 6 nitrogen and oxygen atoms in total. The lowest BCUT2D eigenvalue weighted by atomic mass is 10.0. The number of nitrogens with zero attached hydrogens (tertiary/aromatic N) is 3. The summed E-state index contributed by atoms with van der Waals surface area (Å²) >= 11 is 7.83. The zero-order valence-electron chi connectivity index (χ0n) is 17.2. The molecule has 0 radical (unpaired) electrons. The van der Waals surface area contributed by atoms with E-state index in [0.717, 1.165) is 61.8 Å². The molecule has 1 fully saturated rings. The van der Waals surface area contributed by atoms with E-state index in [1.165, 1.54) is 10.4 Å². The molecule has 0 saturated carbocycles. The number of halogens is 1. The second-order valence-corrected chi connectivity index (χ2v) is 8.50. The monoisotopic (exact) mass is 435 g/mol. The van der Waals surface area contributed by atoms with Crippen LogP contribution in [0.3, 0.4) is 0 Å². The number of benzene rings is 1. The molecule has 1 saturated heterocycles. The van der Waals surface area contributed by atoms with Crippen LogP contribution in [0.1, 0.15) is 35.3 Å². The van der Waals surface area contributed by atoms with Gasteiger partial charge in [-0.15, -0.1) is 11.3 Å². The highest BCUT2D eigenvalue weighted by Gasteiger charge is 2.23. The SMILES string of the molecule is CCNC(=NCc1ncc(CC)s1)NCC(c1ccc(Cl)cc1)N1CCOCC1. The summed E-state index contributed by atoms with van der Waals surface area (Å²) in [6, 6.07) is 8.35. The van der Waals surface area contributed by atoms with Crippen LogP contribution in [0.5, 0.6) is 0 Å².